The number of nitrogens with zero attached hydrogens (tertiary/aromatic N) is 2. The van der Waals surface area contributed by atoms with Crippen LogP contribution in [0.15, 0.2) is 30.0 Å². The smallest absolute Gasteiger partial charge is 0.267 e. The molecule has 1 aliphatic rings. The molecule has 1 amide bonds. The van der Waals surface area contributed by atoms with E-state index in [1.54, 1.807) is 30.0 Å². The summed E-state index contributed by atoms with van der Waals surface area (Å²) in [5.41, 5.74) is 1.17. The van der Waals surface area contributed by atoms with Gasteiger partial charge in [0.25, 0.3) is 5.91 Å². The maximum absolute atomic E-state index is 12.4. The average Bonchev–Trinajstić information content (AvgIpc) is 2.92. The van der Waals surface area contributed by atoms with Gasteiger partial charge in [0.05, 0.1) is 11.5 Å². The van der Waals surface area contributed by atoms with E-state index >= 15 is 0 Å². The third kappa shape index (κ3) is 4.74. The maximum Gasteiger partial charge on any atom is 0.267 e. The molecule has 1 N–H and O–H groups in total. The molecule has 6 nitrogen and oxygen atoms in total. The van der Waals surface area contributed by atoms with Crippen molar-refractivity contribution in [1.82, 2.24) is 4.90 Å². The van der Waals surface area contributed by atoms with Gasteiger partial charge in [-0.1, -0.05) is 17.7 Å². The number of carbonyl (C=O) groups is 1. The first-order valence-corrected chi connectivity index (χ1v) is 10.1. The Hall–Kier alpha value is -2.04. The van der Waals surface area contributed by atoms with Crippen molar-refractivity contribution in [2.45, 2.75) is 26.3 Å². The fourth-order valence-electron chi connectivity index (χ4n) is 2.73. The molecule has 1 fully saturated rings. The molecule has 1 aromatic carbocycles. The number of sulfone groups is 1. The van der Waals surface area contributed by atoms with Gasteiger partial charge < -0.3 is 10.2 Å². The number of amides is 1. The van der Waals surface area contributed by atoms with Gasteiger partial charge in [0.2, 0.25) is 0 Å². The number of nitrogens with one attached hydrogen (secondary N) is 1. The molecule has 25 heavy (non-hydrogen) atoms. The van der Waals surface area contributed by atoms with Crippen LogP contribution in [0.5, 0.6) is 0 Å². The zero-order chi connectivity index (χ0) is 18.6. The molecule has 0 aromatic heterocycles. The van der Waals surface area contributed by atoms with E-state index in [9.17, 15) is 18.5 Å². The van der Waals surface area contributed by atoms with Crippen molar-refractivity contribution in [2.24, 2.45) is 0 Å². The second kappa shape index (κ2) is 7.89. The Morgan fingerprint density at radius 2 is 2.24 bits per heavy atom. The maximum atomic E-state index is 12.4. The van der Waals surface area contributed by atoms with Gasteiger partial charge in [-0.15, -0.1) is 0 Å². The number of hydrogen-bond donors (Lipinski definition) is 1. The lowest BCUT2D eigenvalue weighted by atomic mass is 10.1. The lowest BCUT2D eigenvalue weighted by Crippen LogP contribution is -2.32. The normalized spacial score (nSPS) is 19.3. The number of benzene rings is 1. The fourth-order valence-corrected chi connectivity index (χ4v) is 4.65. The Morgan fingerprint density at radius 3 is 2.80 bits per heavy atom. The second-order valence-electron chi connectivity index (χ2n) is 5.91. The predicted octanol–water partition coefficient (Wildman–Crippen LogP) is 2.50. The van der Waals surface area contributed by atoms with Crippen molar-refractivity contribution in [1.29, 1.82) is 5.26 Å². The minimum Gasteiger partial charge on any atom is -0.372 e. The molecule has 1 heterocycles. The number of nitriles is 1. The van der Waals surface area contributed by atoms with Crippen LogP contribution in [0.2, 0.25) is 5.02 Å². The summed E-state index contributed by atoms with van der Waals surface area (Å²) in [5, 5.41) is 12.5. The van der Waals surface area contributed by atoms with E-state index < -0.39 is 15.7 Å². The summed E-state index contributed by atoms with van der Waals surface area (Å²) in [5.74, 6) is -0.366. The molecule has 134 valence electrons. The molecule has 1 aromatic rings. The molecule has 2 rings (SSSR count). The summed E-state index contributed by atoms with van der Waals surface area (Å²) in [6.45, 7) is 4.14. The van der Waals surface area contributed by atoms with Gasteiger partial charge >= 0.3 is 0 Å². The Balaban J connectivity index is 2.19. The summed E-state index contributed by atoms with van der Waals surface area (Å²) in [4.78, 5) is 14.2. The standard InChI is InChI=1S/C17H20ClN3O3S/c1-3-21(14-7-8-25(23,24)11-14)10-13(9-19)17(22)20-16-6-4-5-15(18)12(16)2/h4-6,10,14H,3,7-8,11H2,1-2H3,(H,20,22)/b13-10-. The van der Waals surface area contributed by atoms with Crippen LogP contribution in [-0.2, 0) is 14.6 Å². The summed E-state index contributed by atoms with van der Waals surface area (Å²) in [7, 11) is -3.04. The van der Waals surface area contributed by atoms with Gasteiger partial charge in [0, 0.05) is 29.5 Å². The highest BCUT2D eigenvalue weighted by Gasteiger charge is 2.31. The van der Waals surface area contributed by atoms with Gasteiger partial charge in [-0.2, -0.15) is 5.26 Å². The molecule has 1 unspecified atom stereocenters. The van der Waals surface area contributed by atoms with Gasteiger partial charge in [-0.3, -0.25) is 4.79 Å². The Bertz CT molecular complexity index is 843. The predicted molar refractivity (Wildman–Crippen MR) is 98.0 cm³/mol. The number of rotatable bonds is 5. The molecule has 0 spiro atoms. The minimum atomic E-state index is -3.04. The van der Waals surface area contributed by atoms with E-state index in [0.717, 1.165) is 0 Å². The highest BCUT2D eigenvalue weighted by atomic mass is 35.5. The van der Waals surface area contributed by atoms with Crippen LogP contribution in [0.3, 0.4) is 0 Å². The molecule has 1 aliphatic heterocycles. The van der Waals surface area contributed by atoms with Gasteiger partial charge in [-0.25, -0.2) is 8.42 Å². The lowest BCUT2D eigenvalue weighted by Gasteiger charge is -2.25. The number of hydrogen-bond acceptors (Lipinski definition) is 5. The van der Waals surface area contributed by atoms with Crippen molar-refractivity contribution in [2.75, 3.05) is 23.4 Å². The summed E-state index contributed by atoms with van der Waals surface area (Å²) >= 11 is 6.03. The number of carbonyl (C=O) groups excluding carboxylic acids is 1. The average molecular weight is 382 g/mol. The molecule has 0 radical (unpaired) electrons. The van der Waals surface area contributed by atoms with Crippen molar-refractivity contribution < 1.29 is 13.2 Å². The third-order valence-electron chi connectivity index (χ3n) is 4.22. The van der Waals surface area contributed by atoms with E-state index in [0.29, 0.717) is 29.2 Å². The van der Waals surface area contributed by atoms with Crippen LogP contribution >= 0.6 is 11.6 Å². The molecule has 1 atom stereocenters. The van der Waals surface area contributed by atoms with Crippen LogP contribution in [0.4, 0.5) is 5.69 Å². The van der Waals surface area contributed by atoms with Crippen LogP contribution in [0.1, 0.15) is 18.9 Å². The van der Waals surface area contributed by atoms with Crippen molar-refractivity contribution in [3.05, 3.63) is 40.6 Å². The Morgan fingerprint density at radius 1 is 1.52 bits per heavy atom. The van der Waals surface area contributed by atoms with Crippen molar-refractivity contribution in [3.63, 3.8) is 0 Å². The third-order valence-corrected chi connectivity index (χ3v) is 6.38. The minimum absolute atomic E-state index is 0.0467. The van der Waals surface area contributed by atoms with E-state index in [-0.39, 0.29) is 23.1 Å². The molecule has 0 bridgehead atoms. The summed E-state index contributed by atoms with van der Waals surface area (Å²) < 4.78 is 23.3. The summed E-state index contributed by atoms with van der Waals surface area (Å²) in [6.07, 6.45) is 1.95. The highest BCUT2D eigenvalue weighted by molar-refractivity contribution is 7.91. The topological polar surface area (TPSA) is 90.3 Å². The number of anilines is 1. The molecule has 8 heteroatoms. The largest absolute Gasteiger partial charge is 0.372 e. The van der Waals surface area contributed by atoms with E-state index in [2.05, 4.69) is 5.32 Å². The molecule has 0 aliphatic carbocycles. The van der Waals surface area contributed by atoms with Gasteiger partial charge in [0.15, 0.2) is 9.84 Å². The molecular weight excluding hydrogens is 362 g/mol. The van der Waals surface area contributed by atoms with Crippen molar-refractivity contribution in [3.8, 4) is 6.07 Å². The molecule has 0 saturated carbocycles. The molecule has 1 saturated heterocycles. The van der Waals surface area contributed by atoms with Gasteiger partial charge in [-0.05, 0) is 38.0 Å². The monoisotopic (exact) mass is 381 g/mol. The van der Waals surface area contributed by atoms with E-state index in [4.69, 9.17) is 11.6 Å². The Labute approximate surface area is 153 Å². The van der Waals surface area contributed by atoms with Crippen molar-refractivity contribution >= 4 is 33.0 Å². The second-order valence-corrected chi connectivity index (χ2v) is 8.54. The van der Waals surface area contributed by atoms with Crippen LogP contribution in [-0.4, -0.2) is 43.3 Å². The van der Waals surface area contributed by atoms with E-state index in [1.165, 1.54) is 6.20 Å². The van der Waals surface area contributed by atoms with Crippen LogP contribution < -0.4 is 5.32 Å². The SMILES string of the molecule is CCN(/C=C(/C#N)C(=O)Nc1cccc(Cl)c1C)C1CCS(=O)(=O)C1. The fraction of sp³-hybridized carbons (Fsp3) is 0.412. The first-order valence-electron chi connectivity index (χ1n) is 7.92. The summed E-state index contributed by atoms with van der Waals surface area (Å²) in [6, 6.07) is 6.81. The van der Waals surface area contributed by atoms with Crippen LogP contribution in [0, 0.1) is 18.3 Å². The first kappa shape index (κ1) is 19.3. The lowest BCUT2D eigenvalue weighted by molar-refractivity contribution is -0.112. The first-order chi connectivity index (χ1) is 11.8. The van der Waals surface area contributed by atoms with E-state index in [1.807, 2.05) is 13.0 Å². The zero-order valence-corrected chi connectivity index (χ0v) is 15.7. The Kier molecular flexibility index (Phi) is 6.09. The van der Waals surface area contributed by atoms with Crippen LogP contribution in [0.25, 0.3) is 0 Å². The quantitative estimate of drug-likeness (QED) is 0.625. The zero-order valence-electron chi connectivity index (χ0n) is 14.1. The van der Waals surface area contributed by atoms with Gasteiger partial charge in [0.1, 0.15) is 11.6 Å². The highest BCUT2D eigenvalue weighted by Crippen LogP contribution is 2.24. The molecular formula is C17H20ClN3O3S. The number of halogens is 1.